The summed E-state index contributed by atoms with van der Waals surface area (Å²) in [6.45, 7) is 1.54. The van der Waals surface area contributed by atoms with Crippen molar-refractivity contribution in [2.45, 2.75) is 6.42 Å². The van der Waals surface area contributed by atoms with Crippen LogP contribution in [0.25, 0.3) is 0 Å². The van der Waals surface area contributed by atoms with Crippen molar-refractivity contribution in [2.24, 2.45) is 5.41 Å². The maximum atomic E-state index is 11.2. The third-order valence-electron chi connectivity index (χ3n) is 2.39. The van der Waals surface area contributed by atoms with Crippen LogP contribution in [-0.4, -0.2) is 31.3 Å². The lowest BCUT2D eigenvalue weighted by atomic mass is 9.74. The Morgan fingerprint density at radius 2 is 2.00 bits per heavy atom. The summed E-state index contributed by atoms with van der Waals surface area (Å²) in [4.78, 5) is 22.2. The second-order valence-electron chi connectivity index (χ2n) is 3.28. The lowest BCUT2D eigenvalue weighted by Gasteiger charge is -2.42. The lowest BCUT2D eigenvalue weighted by Crippen LogP contribution is -2.65. The molecule has 0 bridgehead atoms. The zero-order valence-electron chi connectivity index (χ0n) is 6.14. The highest BCUT2D eigenvalue weighted by Crippen LogP contribution is 2.29. The Hall–Kier alpha value is -0.900. The Morgan fingerprint density at radius 3 is 2.45 bits per heavy atom. The molecule has 0 aliphatic carbocycles. The maximum Gasteiger partial charge on any atom is 0.229 e. The molecule has 2 aliphatic rings. The molecule has 1 spiro atoms. The van der Waals surface area contributed by atoms with E-state index >= 15 is 0 Å². The largest absolute Gasteiger partial charge is 0.348 e. The van der Waals surface area contributed by atoms with E-state index in [0.29, 0.717) is 19.5 Å². The van der Waals surface area contributed by atoms with Crippen LogP contribution < -0.4 is 10.6 Å². The zero-order chi connectivity index (χ0) is 7.90. The summed E-state index contributed by atoms with van der Waals surface area (Å²) in [7, 11) is 0. The van der Waals surface area contributed by atoms with Crippen molar-refractivity contribution in [1.82, 2.24) is 10.6 Å². The molecule has 1 amide bonds. The van der Waals surface area contributed by atoms with E-state index in [4.69, 9.17) is 0 Å². The van der Waals surface area contributed by atoms with Gasteiger partial charge in [-0.2, -0.15) is 0 Å². The highest BCUT2D eigenvalue weighted by Gasteiger charge is 2.47. The van der Waals surface area contributed by atoms with Gasteiger partial charge in [-0.15, -0.1) is 0 Å². The Bertz CT molecular complexity index is 220. The number of carbonyl (C=O) groups excluding carboxylic acids is 2. The van der Waals surface area contributed by atoms with Crippen molar-refractivity contribution in [3.05, 3.63) is 0 Å². The fourth-order valence-corrected chi connectivity index (χ4v) is 1.60. The molecule has 0 radical (unpaired) electrons. The van der Waals surface area contributed by atoms with Gasteiger partial charge in [-0.1, -0.05) is 0 Å². The van der Waals surface area contributed by atoms with Crippen molar-refractivity contribution < 1.29 is 9.59 Å². The van der Waals surface area contributed by atoms with Gasteiger partial charge in [0.15, 0.2) is 5.78 Å². The minimum Gasteiger partial charge on any atom is -0.348 e. The van der Waals surface area contributed by atoms with Crippen molar-refractivity contribution in [2.75, 3.05) is 19.6 Å². The number of rotatable bonds is 0. The first-order valence-corrected chi connectivity index (χ1v) is 3.74. The average molecular weight is 154 g/mol. The third-order valence-corrected chi connectivity index (χ3v) is 2.39. The molecule has 2 heterocycles. The molecule has 0 atom stereocenters. The Kier molecular flexibility index (Phi) is 1.26. The summed E-state index contributed by atoms with van der Waals surface area (Å²) in [5, 5.41) is 5.61. The van der Waals surface area contributed by atoms with Crippen LogP contribution in [-0.2, 0) is 9.59 Å². The van der Waals surface area contributed by atoms with Gasteiger partial charge in [0.2, 0.25) is 5.91 Å². The Balaban J connectivity index is 2.16. The second kappa shape index (κ2) is 2.04. The van der Waals surface area contributed by atoms with Crippen LogP contribution in [0, 0.1) is 5.41 Å². The van der Waals surface area contributed by atoms with Gasteiger partial charge < -0.3 is 10.6 Å². The van der Waals surface area contributed by atoms with Crippen LogP contribution in [0.1, 0.15) is 6.42 Å². The van der Waals surface area contributed by atoms with Crippen LogP contribution >= 0.6 is 0 Å². The zero-order valence-corrected chi connectivity index (χ0v) is 6.14. The molecule has 2 fully saturated rings. The first kappa shape index (κ1) is 6.79. The van der Waals surface area contributed by atoms with Crippen molar-refractivity contribution >= 4 is 11.7 Å². The van der Waals surface area contributed by atoms with Gasteiger partial charge in [0.1, 0.15) is 0 Å². The first-order chi connectivity index (χ1) is 5.23. The number of ketones is 1. The molecule has 60 valence electrons. The van der Waals surface area contributed by atoms with Crippen molar-refractivity contribution in [1.29, 1.82) is 0 Å². The van der Waals surface area contributed by atoms with Gasteiger partial charge in [-0.25, -0.2) is 0 Å². The highest BCUT2D eigenvalue weighted by molar-refractivity contribution is 5.97. The van der Waals surface area contributed by atoms with E-state index in [2.05, 4.69) is 10.6 Å². The van der Waals surface area contributed by atoms with E-state index in [1.807, 2.05) is 0 Å². The number of hydrogen-bond acceptors (Lipinski definition) is 3. The maximum absolute atomic E-state index is 11.2. The van der Waals surface area contributed by atoms with Gasteiger partial charge in [0.25, 0.3) is 0 Å². The summed E-state index contributed by atoms with van der Waals surface area (Å²) in [6, 6.07) is 0. The Labute approximate surface area is 64.3 Å². The van der Waals surface area contributed by atoms with Crippen LogP contribution in [0.15, 0.2) is 0 Å². The summed E-state index contributed by atoms with van der Waals surface area (Å²) >= 11 is 0. The van der Waals surface area contributed by atoms with Gasteiger partial charge in [-0.05, 0) is 0 Å². The topological polar surface area (TPSA) is 58.2 Å². The molecule has 0 saturated carbocycles. The van der Waals surface area contributed by atoms with Gasteiger partial charge >= 0.3 is 0 Å². The fraction of sp³-hybridized carbons (Fsp3) is 0.714. The van der Waals surface area contributed by atoms with E-state index in [1.165, 1.54) is 0 Å². The molecule has 0 aromatic carbocycles. The van der Waals surface area contributed by atoms with Gasteiger partial charge in [0.05, 0.1) is 12.0 Å². The normalized spacial score (nSPS) is 28.0. The van der Waals surface area contributed by atoms with E-state index in [-0.39, 0.29) is 23.7 Å². The van der Waals surface area contributed by atoms with E-state index in [0.717, 1.165) is 0 Å². The molecular weight excluding hydrogens is 144 g/mol. The quantitative estimate of drug-likeness (QED) is 0.454. The summed E-state index contributed by atoms with van der Waals surface area (Å²) in [6.07, 6.45) is 0.422. The van der Waals surface area contributed by atoms with Crippen LogP contribution in [0.3, 0.4) is 0 Å². The minimum absolute atomic E-state index is 0.0378. The van der Waals surface area contributed by atoms with Gasteiger partial charge in [0, 0.05) is 19.5 Å². The predicted molar refractivity (Wildman–Crippen MR) is 37.9 cm³/mol. The van der Waals surface area contributed by atoms with Crippen molar-refractivity contribution in [3.8, 4) is 0 Å². The SMILES string of the molecule is O=C1CNC(=O)C2(CNC2)C1. The number of piperidine rings is 1. The molecular formula is C7H10N2O2. The number of Topliss-reactive ketones (excluding diaryl/α,β-unsaturated/α-hetero) is 1. The molecule has 2 saturated heterocycles. The monoisotopic (exact) mass is 154 g/mol. The summed E-state index contributed by atoms with van der Waals surface area (Å²) in [5.41, 5.74) is -0.380. The van der Waals surface area contributed by atoms with Crippen LogP contribution in [0.4, 0.5) is 0 Å². The minimum atomic E-state index is -0.380. The molecule has 0 unspecified atom stereocenters. The highest BCUT2D eigenvalue weighted by atomic mass is 16.2. The van der Waals surface area contributed by atoms with E-state index in [1.54, 1.807) is 0 Å². The molecule has 0 aromatic heterocycles. The van der Waals surface area contributed by atoms with E-state index < -0.39 is 0 Å². The molecule has 0 aromatic rings. The molecule has 11 heavy (non-hydrogen) atoms. The lowest BCUT2D eigenvalue weighted by molar-refractivity contribution is -0.143. The smallest absolute Gasteiger partial charge is 0.229 e. The number of nitrogens with one attached hydrogen (secondary N) is 2. The van der Waals surface area contributed by atoms with Crippen molar-refractivity contribution in [3.63, 3.8) is 0 Å². The van der Waals surface area contributed by atoms with E-state index in [9.17, 15) is 9.59 Å². The van der Waals surface area contributed by atoms with Crippen LogP contribution in [0.5, 0.6) is 0 Å². The molecule has 2 N–H and O–H groups in total. The fourth-order valence-electron chi connectivity index (χ4n) is 1.60. The molecule has 4 nitrogen and oxygen atoms in total. The second-order valence-corrected chi connectivity index (χ2v) is 3.28. The first-order valence-electron chi connectivity index (χ1n) is 3.74. The average Bonchev–Trinajstić information content (AvgIpc) is 1.91. The summed E-state index contributed by atoms with van der Waals surface area (Å²) in [5.74, 6) is 0.182. The number of amides is 1. The number of hydrogen-bond donors (Lipinski definition) is 2. The number of carbonyl (C=O) groups is 2. The molecule has 2 aliphatic heterocycles. The molecule has 4 heteroatoms. The van der Waals surface area contributed by atoms with Crippen LogP contribution in [0.2, 0.25) is 0 Å². The van der Waals surface area contributed by atoms with Gasteiger partial charge in [-0.3, -0.25) is 9.59 Å². The Morgan fingerprint density at radius 1 is 1.27 bits per heavy atom. The standard InChI is InChI=1S/C7H10N2O2/c10-5-1-7(3-8-4-7)6(11)9-2-5/h8H,1-4H2,(H,9,11). The predicted octanol–water partition coefficient (Wildman–Crippen LogP) is -1.33. The molecule has 2 rings (SSSR count). The summed E-state index contributed by atoms with van der Waals surface area (Å²) < 4.78 is 0. The third kappa shape index (κ3) is 0.860.